The Morgan fingerprint density at radius 2 is 1.86 bits per heavy atom. The zero-order valence-electron chi connectivity index (χ0n) is 20.5. The number of nitrogens with zero attached hydrogens (tertiary/aromatic N) is 1. The van der Waals surface area contributed by atoms with Gasteiger partial charge in [0.15, 0.2) is 0 Å². The predicted molar refractivity (Wildman–Crippen MR) is 133 cm³/mol. The molecule has 1 aromatic heterocycles. The van der Waals surface area contributed by atoms with Crippen molar-refractivity contribution in [2.45, 2.75) is 39.2 Å². The molecule has 0 aliphatic carbocycles. The molecule has 1 atom stereocenters. The smallest absolute Gasteiger partial charge is 0.300 e. The van der Waals surface area contributed by atoms with Crippen LogP contribution in [0.25, 0.3) is 5.76 Å². The molecule has 1 saturated heterocycles. The number of ketones is 1. The van der Waals surface area contributed by atoms with Crippen LogP contribution in [0.4, 0.5) is 5.69 Å². The van der Waals surface area contributed by atoms with E-state index >= 15 is 0 Å². The fraction of sp³-hybridized carbons (Fsp3) is 0.286. The second kappa shape index (κ2) is 9.33. The quantitative estimate of drug-likeness (QED) is 0.283. The summed E-state index contributed by atoms with van der Waals surface area (Å²) in [5.41, 5.74) is 1.41. The van der Waals surface area contributed by atoms with Crippen LogP contribution in [0, 0.1) is 0 Å². The number of carbonyl (C=O) groups is 2. The number of aliphatic hydroxyl groups excluding tert-OH is 1. The first-order valence-electron chi connectivity index (χ1n) is 11.4. The highest BCUT2D eigenvalue weighted by Gasteiger charge is 2.48. The molecule has 1 N–H and O–H groups in total. The number of carbonyl (C=O) groups excluding carboxylic acids is 2. The Morgan fingerprint density at radius 3 is 2.49 bits per heavy atom. The van der Waals surface area contributed by atoms with Crippen LogP contribution in [-0.4, -0.2) is 30.5 Å². The normalized spacial score (nSPS) is 17.6. The third kappa shape index (κ3) is 4.41. The monoisotopic (exact) mass is 475 g/mol. The van der Waals surface area contributed by atoms with E-state index in [2.05, 4.69) is 0 Å². The third-order valence-electron chi connectivity index (χ3n) is 5.95. The molecule has 0 spiro atoms. The predicted octanol–water partition coefficient (Wildman–Crippen LogP) is 5.61. The summed E-state index contributed by atoms with van der Waals surface area (Å²) >= 11 is 0. The van der Waals surface area contributed by atoms with Crippen molar-refractivity contribution in [2.24, 2.45) is 0 Å². The number of hydrogen-bond donors (Lipinski definition) is 1. The van der Waals surface area contributed by atoms with Gasteiger partial charge >= 0.3 is 0 Å². The minimum Gasteiger partial charge on any atom is -0.507 e. The Hall–Kier alpha value is -4.00. The number of anilines is 1. The highest BCUT2D eigenvalue weighted by Crippen LogP contribution is 2.43. The Labute approximate surface area is 204 Å². The van der Waals surface area contributed by atoms with Crippen LogP contribution < -0.4 is 14.4 Å². The van der Waals surface area contributed by atoms with Crippen LogP contribution in [-0.2, 0) is 15.0 Å². The number of hydrogen-bond acceptors (Lipinski definition) is 6. The molecular weight excluding hydrogens is 446 g/mol. The first-order valence-corrected chi connectivity index (χ1v) is 11.4. The second-order valence-corrected chi connectivity index (χ2v) is 9.28. The number of ether oxygens (including phenoxy) is 2. The van der Waals surface area contributed by atoms with Gasteiger partial charge in [-0.1, -0.05) is 26.8 Å². The molecule has 4 rings (SSSR count). The summed E-state index contributed by atoms with van der Waals surface area (Å²) in [5.74, 6) is -0.236. The van der Waals surface area contributed by atoms with E-state index in [0.29, 0.717) is 35.1 Å². The lowest BCUT2D eigenvalue weighted by Crippen LogP contribution is -2.29. The summed E-state index contributed by atoms with van der Waals surface area (Å²) in [5, 5.41) is 11.4. The number of Topliss-reactive ketones (excluding diaryl/α,β-unsaturated/α-hetero) is 1. The van der Waals surface area contributed by atoms with Crippen molar-refractivity contribution in [3.8, 4) is 11.5 Å². The fourth-order valence-electron chi connectivity index (χ4n) is 4.28. The lowest BCUT2D eigenvalue weighted by molar-refractivity contribution is -0.132. The average Bonchev–Trinajstić information content (AvgIpc) is 3.45. The van der Waals surface area contributed by atoms with Crippen molar-refractivity contribution < 1.29 is 28.6 Å². The van der Waals surface area contributed by atoms with Gasteiger partial charge in [-0.25, -0.2) is 0 Å². The van der Waals surface area contributed by atoms with Crippen LogP contribution >= 0.6 is 0 Å². The number of aliphatic hydroxyl groups is 1. The van der Waals surface area contributed by atoms with E-state index < -0.39 is 17.7 Å². The van der Waals surface area contributed by atoms with Crippen molar-refractivity contribution >= 4 is 23.1 Å². The number of amides is 1. The van der Waals surface area contributed by atoms with Gasteiger partial charge in [-0.05, 0) is 54.8 Å². The van der Waals surface area contributed by atoms with Gasteiger partial charge < -0.3 is 19.0 Å². The lowest BCUT2D eigenvalue weighted by atomic mass is 9.84. The topological polar surface area (TPSA) is 89.2 Å². The summed E-state index contributed by atoms with van der Waals surface area (Å²) in [6.07, 6.45) is 1.47. The molecule has 1 aliphatic heterocycles. The van der Waals surface area contributed by atoms with Crippen LogP contribution in [0.3, 0.4) is 0 Å². The van der Waals surface area contributed by atoms with E-state index in [9.17, 15) is 14.7 Å². The van der Waals surface area contributed by atoms with Gasteiger partial charge in [-0.15, -0.1) is 0 Å². The van der Waals surface area contributed by atoms with Crippen molar-refractivity contribution in [2.75, 3.05) is 18.6 Å². The fourth-order valence-corrected chi connectivity index (χ4v) is 4.28. The number of methoxy groups -OCH3 is 1. The van der Waals surface area contributed by atoms with Gasteiger partial charge in [0, 0.05) is 22.9 Å². The summed E-state index contributed by atoms with van der Waals surface area (Å²) < 4.78 is 16.7. The van der Waals surface area contributed by atoms with E-state index in [1.54, 1.807) is 54.6 Å². The zero-order valence-corrected chi connectivity index (χ0v) is 20.5. The van der Waals surface area contributed by atoms with E-state index in [1.807, 2.05) is 27.7 Å². The number of benzene rings is 2. The zero-order chi connectivity index (χ0) is 25.3. The maximum absolute atomic E-state index is 13.3. The van der Waals surface area contributed by atoms with E-state index in [0.717, 1.165) is 5.56 Å². The van der Waals surface area contributed by atoms with Crippen LogP contribution in [0.15, 0.2) is 70.9 Å². The minimum absolute atomic E-state index is 0.0446. The van der Waals surface area contributed by atoms with Crippen molar-refractivity contribution in [3.63, 3.8) is 0 Å². The largest absolute Gasteiger partial charge is 0.507 e. The molecule has 1 amide bonds. The van der Waals surface area contributed by atoms with Crippen molar-refractivity contribution in [3.05, 3.63) is 83.3 Å². The van der Waals surface area contributed by atoms with Gasteiger partial charge in [0.1, 0.15) is 29.1 Å². The molecule has 1 fully saturated rings. The molecular formula is C28H29NO6. The lowest BCUT2D eigenvalue weighted by Gasteiger charge is -2.25. The summed E-state index contributed by atoms with van der Waals surface area (Å²) in [4.78, 5) is 27.9. The maximum Gasteiger partial charge on any atom is 0.300 e. The van der Waals surface area contributed by atoms with Gasteiger partial charge in [-0.3, -0.25) is 14.5 Å². The summed E-state index contributed by atoms with van der Waals surface area (Å²) in [6, 6.07) is 14.5. The van der Waals surface area contributed by atoms with E-state index in [4.69, 9.17) is 13.9 Å². The Kier molecular flexibility index (Phi) is 6.43. The standard InChI is InChI=1S/C28H29NO6/c1-6-34-21-13-12-17(15-20(21)28(2,3)4)25(30)23-24(22-11-8-14-35-22)29(27(32)26(23)31)18-9-7-10-19(16-18)33-5/h7-16,24,30H,6H2,1-5H3/b25-23-. The number of furan rings is 1. The first-order chi connectivity index (χ1) is 16.7. The van der Waals surface area contributed by atoms with Crippen LogP contribution in [0.1, 0.15) is 50.6 Å². The Balaban J connectivity index is 1.91. The second-order valence-electron chi connectivity index (χ2n) is 9.28. The summed E-state index contributed by atoms with van der Waals surface area (Å²) in [6.45, 7) is 8.53. The maximum atomic E-state index is 13.3. The average molecular weight is 476 g/mol. The SMILES string of the molecule is CCOc1ccc(/C(O)=C2/C(=O)C(=O)N(c3cccc(OC)c3)C2c2ccco2)cc1C(C)(C)C. The van der Waals surface area contributed by atoms with Crippen molar-refractivity contribution in [1.29, 1.82) is 0 Å². The highest BCUT2D eigenvalue weighted by atomic mass is 16.5. The molecule has 1 aliphatic rings. The molecule has 3 aromatic rings. The molecule has 1 unspecified atom stereocenters. The minimum atomic E-state index is -0.943. The first kappa shape index (κ1) is 24.1. The van der Waals surface area contributed by atoms with Gasteiger partial charge in [0.05, 0.1) is 25.6 Å². The van der Waals surface area contributed by atoms with Crippen LogP contribution in [0.5, 0.6) is 11.5 Å². The molecule has 0 radical (unpaired) electrons. The summed E-state index contributed by atoms with van der Waals surface area (Å²) in [7, 11) is 1.52. The molecule has 2 heterocycles. The Morgan fingerprint density at radius 1 is 1.09 bits per heavy atom. The molecule has 0 bridgehead atoms. The molecule has 35 heavy (non-hydrogen) atoms. The van der Waals surface area contributed by atoms with Crippen LogP contribution in [0.2, 0.25) is 0 Å². The highest BCUT2D eigenvalue weighted by molar-refractivity contribution is 6.51. The third-order valence-corrected chi connectivity index (χ3v) is 5.95. The van der Waals surface area contributed by atoms with E-state index in [1.165, 1.54) is 18.3 Å². The van der Waals surface area contributed by atoms with Gasteiger partial charge in [0.2, 0.25) is 0 Å². The Bertz CT molecular complexity index is 1280. The van der Waals surface area contributed by atoms with E-state index in [-0.39, 0.29) is 16.7 Å². The van der Waals surface area contributed by atoms with Gasteiger partial charge in [0.25, 0.3) is 11.7 Å². The van der Waals surface area contributed by atoms with Gasteiger partial charge in [-0.2, -0.15) is 0 Å². The number of rotatable bonds is 6. The molecule has 182 valence electrons. The van der Waals surface area contributed by atoms with Crippen molar-refractivity contribution in [1.82, 2.24) is 0 Å². The molecule has 7 nitrogen and oxygen atoms in total. The molecule has 2 aromatic carbocycles. The molecule has 7 heteroatoms. The molecule has 0 saturated carbocycles.